The molecule has 39 heavy (non-hydrogen) atoms. The molecule has 5 rings (SSSR count). The highest BCUT2D eigenvalue weighted by atomic mass is 35.5. The van der Waals surface area contributed by atoms with Crippen molar-refractivity contribution >= 4 is 28.5 Å². The first-order valence-electron chi connectivity index (χ1n) is 12.8. The van der Waals surface area contributed by atoms with E-state index in [1.54, 1.807) is 0 Å². The molecule has 1 aromatic heterocycles. The molecule has 1 aliphatic heterocycles. The second kappa shape index (κ2) is 11.3. The lowest BCUT2D eigenvalue weighted by atomic mass is 9.97. The average molecular weight is 589 g/mol. The summed E-state index contributed by atoms with van der Waals surface area (Å²) in [7, 11) is -2.03. The summed E-state index contributed by atoms with van der Waals surface area (Å²) in [5.41, 5.74) is 0.166. The van der Waals surface area contributed by atoms with Gasteiger partial charge >= 0.3 is 6.18 Å². The number of ether oxygens (including phenoxy) is 1. The molecule has 212 valence electrons. The number of hydroxylamine groups is 1. The monoisotopic (exact) mass is 588 g/mol. The first-order valence-corrected chi connectivity index (χ1v) is 14.5. The van der Waals surface area contributed by atoms with Crippen LogP contribution in [0.25, 0.3) is 0 Å². The number of piperidine rings is 1. The Morgan fingerprint density at radius 1 is 1.15 bits per heavy atom. The van der Waals surface area contributed by atoms with E-state index in [4.69, 9.17) is 16.3 Å². The molecular weight excluding hydrogens is 562 g/mol. The SMILES string of the molecule is O=C(c1cc(C2CC2)c(CN2CCC(Oc3cc(C(F)(F)F)c(Cl)cn3)CC2)cc1F)N([O-])S(=O)CC1CC1. The van der Waals surface area contributed by atoms with Gasteiger partial charge in [-0.3, -0.25) is 9.69 Å². The van der Waals surface area contributed by atoms with E-state index < -0.39 is 39.5 Å². The van der Waals surface area contributed by atoms with Gasteiger partial charge in [-0.05, 0) is 73.6 Å². The van der Waals surface area contributed by atoms with Crippen LogP contribution in [0.2, 0.25) is 5.02 Å². The van der Waals surface area contributed by atoms with Gasteiger partial charge in [0.15, 0.2) is 0 Å². The molecule has 1 unspecified atom stereocenters. The first kappa shape index (κ1) is 28.3. The van der Waals surface area contributed by atoms with Gasteiger partial charge in [-0.15, -0.1) is 0 Å². The highest BCUT2D eigenvalue weighted by Gasteiger charge is 2.35. The number of likely N-dealkylation sites (tertiary alicyclic amines) is 1. The second-order valence-corrected chi connectivity index (χ2v) is 12.1. The van der Waals surface area contributed by atoms with E-state index in [2.05, 4.69) is 9.88 Å². The normalized spacial score (nSPS) is 19.6. The maximum absolute atomic E-state index is 15.0. The van der Waals surface area contributed by atoms with Gasteiger partial charge in [-0.2, -0.15) is 13.2 Å². The summed E-state index contributed by atoms with van der Waals surface area (Å²) in [6.07, 6.45) is 0.574. The Balaban J connectivity index is 1.22. The van der Waals surface area contributed by atoms with Gasteiger partial charge in [0.2, 0.25) is 5.88 Å². The Bertz CT molecular complexity index is 1260. The maximum atomic E-state index is 15.0. The molecule has 0 radical (unpaired) electrons. The molecule has 1 amide bonds. The number of carbonyl (C=O) groups is 1. The van der Waals surface area contributed by atoms with E-state index in [1.165, 1.54) is 12.1 Å². The molecule has 13 heteroatoms. The number of halogens is 5. The molecule has 1 atom stereocenters. The molecule has 2 aromatic rings. The molecule has 2 heterocycles. The molecule has 0 bridgehead atoms. The number of aromatic nitrogens is 1. The molecule has 3 aliphatic rings. The number of carbonyl (C=O) groups excluding carboxylic acids is 1. The Labute approximate surface area is 230 Å². The summed E-state index contributed by atoms with van der Waals surface area (Å²) < 4.78 is 72.2. The lowest BCUT2D eigenvalue weighted by Gasteiger charge is -2.32. The minimum Gasteiger partial charge on any atom is -0.744 e. The fourth-order valence-corrected chi connectivity index (χ4v) is 6.11. The van der Waals surface area contributed by atoms with Crippen molar-refractivity contribution in [1.82, 2.24) is 14.4 Å². The minimum absolute atomic E-state index is 0.106. The van der Waals surface area contributed by atoms with Crippen molar-refractivity contribution in [3.8, 4) is 5.88 Å². The van der Waals surface area contributed by atoms with Crippen molar-refractivity contribution in [2.24, 2.45) is 5.92 Å². The average Bonchev–Trinajstić information content (AvgIpc) is 3.81. The third-order valence-corrected chi connectivity index (χ3v) is 8.85. The van der Waals surface area contributed by atoms with Crippen molar-refractivity contribution in [2.75, 3.05) is 18.8 Å². The number of nitrogens with zero attached hydrogens (tertiary/aromatic N) is 3. The largest absolute Gasteiger partial charge is 0.744 e. The summed E-state index contributed by atoms with van der Waals surface area (Å²) in [5.74, 6) is -1.63. The Morgan fingerprint density at radius 3 is 2.46 bits per heavy atom. The van der Waals surface area contributed by atoms with Crippen molar-refractivity contribution in [3.63, 3.8) is 0 Å². The second-order valence-electron chi connectivity index (χ2n) is 10.4. The predicted octanol–water partition coefficient (Wildman–Crippen LogP) is 5.83. The molecular formula is C26H27ClF4N3O4S-. The van der Waals surface area contributed by atoms with Gasteiger partial charge < -0.3 is 14.4 Å². The van der Waals surface area contributed by atoms with Crippen LogP contribution >= 0.6 is 11.6 Å². The fraction of sp³-hybridized carbons (Fsp3) is 0.538. The van der Waals surface area contributed by atoms with Gasteiger partial charge in [0.25, 0.3) is 5.91 Å². The third-order valence-electron chi connectivity index (χ3n) is 7.25. The van der Waals surface area contributed by atoms with E-state index in [0.717, 1.165) is 49.1 Å². The van der Waals surface area contributed by atoms with Gasteiger partial charge in [-0.25, -0.2) is 13.6 Å². The number of alkyl halides is 3. The molecule has 3 fully saturated rings. The topological polar surface area (TPSA) is 85.8 Å². The van der Waals surface area contributed by atoms with E-state index >= 15 is 4.39 Å². The Morgan fingerprint density at radius 2 is 1.85 bits per heavy atom. The van der Waals surface area contributed by atoms with Crippen molar-refractivity contribution in [3.05, 3.63) is 62.7 Å². The zero-order valence-corrected chi connectivity index (χ0v) is 22.5. The number of pyridine rings is 1. The van der Waals surface area contributed by atoms with Crippen LogP contribution in [-0.4, -0.2) is 49.4 Å². The summed E-state index contributed by atoms with van der Waals surface area (Å²) >= 11 is 5.63. The van der Waals surface area contributed by atoms with Gasteiger partial charge in [0.05, 0.1) is 22.3 Å². The number of hydrogen-bond donors (Lipinski definition) is 0. The Kier molecular flexibility index (Phi) is 8.19. The molecule has 2 aliphatic carbocycles. The van der Waals surface area contributed by atoms with E-state index in [-0.39, 0.29) is 39.6 Å². The van der Waals surface area contributed by atoms with Crippen LogP contribution in [0.15, 0.2) is 24.4 Å². The molecule has 2 saturated carbocycles. The maximum Gasteiger partial charge on any atom is 0.418 e. The highest BCUT2D eigenvalue weighted by molar-refractivity contribution is 7.83. The molecule has 1 aromatic carbocycles. The fourth-order valence-electron chi connectivity index (χ4n) is 4.75. The highest BCUT2D eigenvalue weighted by Crippen LogP contribution is 2.43. The van der Waals surface area contributed by atoms with Crippen molar-refractivity contribution < 1.29 is 31.3 Å². The summed E-state index contributed by atoms with van der Waals surface area (Å²) in [6.45, 7) is 1.53. The van der Waals surface area contributed by atoms with Crippen LogP contribution in [-0.2, 0) is 23.7 Å². The first-order chi connectivity index (χ1) is 18.5. The lowest BCUT2D eigenvalue weighted by Crippen LogP contribution is -2.38. The van der Waals surface area contributed by atoms with Crippen LogP contribution in [0.3, 0.4) is 0 Å². The van der Waals surface area contributed by atoms with Gasteiger partial charge in [-0.1, -0.05) is 11.6 Å². The van der Waals surface area contributed by atoms with Crippen molar-refractivity contribution in [2.45, 2.75) is 63.3 Å². The zero-order valence-electron chi connectivity index (χ0n) is 20.9. The van der Waals surface area contributed by atoms with E-state index in [9.17, 15) is 27.4 Å². The van der Waals surface area contributed by atoms with Crippen molar-refractivity contribution in [1.29, 1.82) is 0 Å². The minimum atomic E-state index is -4.62. The molecule has 7 nitrogen and oxygen atoms in total. The standard InChI is InChI=1S/C26H27ClF4N3O4S/c27-22-12-32-24(11-21(22)26(29,30)31)38-18-5-7-33(8-6-18)13-17-9-23(28)20(10-19(17)16-3-4-16)25(35)34(36)39(37)14-15-1-2-15/h9-12,15-16,18H,1-8,13-14H2/q-1. The van der Waals surface area contributed by atoms with Crippen LogP contribution in [0.1, 0.15) is 71.5 Å². The molecule has 0 N–H and O–H groups in total. The van der Waals surface area contributed by atoms with Gasteiger partial charge in [0, 0.05) is 31.5 Å². The summed E-state index contributed by atoms with van der Waals surface area (Å²) in [4.78, 5) is 18.6. The smallest absolute Gasteiger partial charge is 0.418 e. The van der Waals surface area contributed by atoms with Crippen LogP contribution < -0.4 is 4.74 Å². The number of rotatable bonds is 9. The van der Waals surface area contributed by atoms with Gasteiger partial charge in [0.1, 0.15) is 22.9 Å². The molecule has 1 saturated heterocycles. The van der Waals surface area contributed by atoms with Crippen LogP contribution in [0.5, 0.6) is 5.88 Å². The van der Waals surface area contributed by atoms with Crippen LogP contribution in [0.4, 0.5) is 17.6 Å². The van der Waals surface area contributed by atoms with Crippen LogP contribution in [0, 0.1) is 16.9 Å². The summed E-state index contributed by atoms with van der Waals surface area (Å²) in [6, 6.07) is 3.52. The number of amides is 1. The Hall–Kier alpha value is -2.28. The number of hydrogen-bond acceptors (Lipinski definition) is 6. The third kappa shape index (κ3) is 6.90. The number of benzene rings is 1. The lowest BCUT2D eigenvalue weighted by molar-refractivity contribution is -0.137. The van der Waals surface area contributed by atoms with E-state index in [1.807, 2.05) is 0 Å². The quantitative estimate of drug-likeness (QED) is 0.271. The van der Waals surface area contributed by atoms with E-state index in [0.29, 0.717) is 32.5 Å². The predicted molar refractivity (Wildman–Crippen MR) is 137 cm³/mol. The summed E-state index contributed by atoms with van der Waals surface area (Å²) in [5, 5.41) is 11.8. The zero-order chi connectivity index (χ0) is 27.9. The molecule has 0 spiro atoms.